The Kier molecular flexibility index (Phi) is 13.2. The summed E-state index contributed by atoms with van der Waals surface area (Å²) in [5.74, 6) is -1.15. The molecule has 214 valence electrons. The number of nitrogens with one attached hydrogen (secondary N) is 2. The Hall–Kier alpha value is -3.18. The maximum absolute atomic E-state index is 13.4. The minimum absolute atomic E-state index is 0.0206. The molecule has 0 heterocycles. The van der Waals surface area contributed by atoms with Crippen molar-refractivity contribution in [1.82, 2.24) is 15.1 Å². The van der Waals surface area contributed by atoms with Crippen LogP contribution in [-0.2, 0) is 25.7 Å². The van der Waals surface area contributed by atoms with Gasteiger partial charge in [-0.3, -0.25) is 24.6 Å². The first kappa shape index (κ1) is 32.8. The number of primary amides is 1. The van der Waals surface area contributed by atoms with Crippen molar-refractivity contribution in [3.05, 3.63) is 29.8 Å². The first-order chi connectivity index (χ1) is 17.7. The van der Waals surface area contributed by atoms with E-state index in [9.17, 15) is 19.2 Å². The minimum atomic E-state index is -1.15. The Morgan fingerprint density at radius 2 is 1.74 bits per heavy atom. The number of carbonyl (C=O) groups excluding carboxylic acids is 3. The highest BCUT2D eigenvalue weighted by molar-refractivity contribution is 5.90. The molecule has 11 nitrogen and oxygen atoms in total. The monoisotopic (exact) mass is 535 g/mol. The Balaban J connectivity index is 3.02. The highest BCUT2D eigenvalue weighted by Crippen LogP contribution is 2.22. The molecule has 0 fully saturated rings. The Morgan fingerprint density at radius 1 is 1.11 bits per heavy atom. The van der Waals surface area contributed by atoms with Gasteiger partial charge in [0.25, 0.3) is 0 Å². The van der Waals surface area contributed by atoms with Crippen LogP contribution in [0.15, 0.2) is 24.3 Å². The highest BCUT2D eigenvalue weighted by atomic mass is 16.5. The molecule has 1 aromatic carbocycles. The standard InChI is InChI=1S/C27H45N5O6/c1-9-17(4)24(21(38-8)14-22(28)33)32(7)26(35)18(5)29-25(34)23(16(2)3)31(6)15-19-11-10-12-20(13-19)30-27(36)37/h10-13,16-18,21,23-24,30H,9,14-15H2,1-8H3,(H2,28,33)(H,29,34)(H,36,37)/t17-,18-,21+,23-,24-/m0/s1. The second kappa shape index (κ2) is 15.3. The van der Waals surface area contributed by atoms with E-state index >= 15 is 0 Å². The van der Waals surface area contributed by atoms with Crippen LogP contribution in [0.25, 0.3) is 0 Å². The molecule has 0 aromatic heterocycles. The van der Waals surface area contributed by atoms with Crippen LogP contribution >= 0.6 is 0 Å². The molecule has 1 rings (SSSR count). The van der Waals surface area contributed by atoms with Crippen LogP contribution in [0.5, 0.6) is 0 Å². The molecule has 5 N–H and O–H groups in total. The van der Waals surface area contributed by atoms with Crippen molar-refractivity contribution in [2.24, 2.45) is 17.6 Å². The summed E-state index contributed by atoms with van der Waals surface area (Å²) in [6, 6.07) is 5.20. The lowest BCUT2D eigenvalue weighted by Crippen LogP contribution is -2.57. The number of ether oxygens (including phenoxy) is 1. The van der Waals surface area contributed by atoms with Crippen molar-refractivity contribution >= 4 is 29.5 Å². The van der Waals surface area contributed by atoms with Gasteiger partial charge >= 0.3 is 6.09 Å². The summed E-state index contributed by atoms with van der Waals surface area (Å²) in [6.07, 6.45) is -0.987. The van der Waals surface area contributed by atoms with Gasteiger partial charge in [0.05, 0.1) is 24.6 Å². The number of hydrogen-bond donors (Lipinski definition) is 4. The van der Waals surface area contributed by atoms with Crippen LogP contribution in [0.2, 0.25) is 0 Å². The number of nitrogens with zero attached hydrogens (tertiary/aromatic N) is 2. The van der Waals surface area contributed by atoms with Crippen molar-refractivity contribution in [2.45, 2.75) is 78.2 Å². The summed E-state index contributed by atoms with van der Waals surface area (Å²) in [5.41, 5.74) is 6.68. The number of rotatable bonds is 15. The zero-order valence-corrected chi connectivity index (χ0v) is 23.9. The predicted octanol–water partition coefficient (Wildman–Crippen LogP) is 2.50. The largest absolute Gasteiger partial charge is 0.465 e. The molecule has 38 heavy (non-hydrogen) atoms. The van der Waals surface area contributed by atoms with Gasteiger partial charge in [-0.2, -0.15) is 0 Å². The fraction of sp³-hybridized carbons (Fsp3) is 0.630. The third-order valence-corrected chi connectivity index (χ3v) is 6.82. The zero-order valence-electron chi connectivity index (χ0n) is 23.9. The number of methoxy groups -OCH3 is 1. The normalized spacial score (nSPS) is 15.3. The van der Waals surface area contributed by atoms with E-state index in [4.69, 9.17) is 15.6 Å². The topological polar surface area (TPSA) is 154 Å². The lowest BCUT2D eigenvalue weighted by Gasteiger charge is -2.39. The van der Waals surface area contributed by atoms with E-state index in [0.29, 0.717) is 12.2 Å². The first-order valence-electron chi connectivity index (χ1n) is 12.9. The maximum atomic E-state index is 13.4. The summed E-state index contributed by atoms with van der Waals surface area (Å²) in [6.45, 7) is 9.86. The van der Waals surface area contributed by atoms with Gasteiger partial charge in [-0.25, -0.2) is 4.79 Å². The summed E-state index contributed by atoms with van der Waals surface area (Å²) in [5, 5.41) is 14.2. The molecule has 5 atom stereocenters. The Morgan fingerprint density at radius 3 is 2.24 bits per heavy atom. The van der Waals surface area contributed by atoms with Crippen molar-refractivity contribution in [3.63, 3.8) is 0 Å². The fourth-order valence-corrected chi connectivity index (χ4v) is 4.86. The third-order valence-electron chi connectivity index (χ3n) is 6.82. The minimum Gasteiger partial charge on any atom is -0.465 e. The SMILES string of the molecule is CC[C@H](C)[C@@H]([C@@H](CC(N)=O)OC)N(C)C(=O)[C@H](C)NC(=O)[C@H](C(C)C)N(C)Cc1cccc(NC(=O)O)c1. The number of benzene rings is 1. The van der Waals surface area contributed by atoms with Crippen LogP contribution in [0.1, 0.15) is 53.0 Å². The molecule has 0 unspecified atom stereocenters. The van der Waals surface area contributed by atoms with E-state index in [-0.39, 0.29) is 30.1 Å². The molecule has 0 bridgehead atoms. The number of carboxylic acid groups (broad SMARTS) is 1. The molecule has 1 aromatic rings. The first-order valence-corrected chi connectivity index (χ1v) is 12.9. The Labute approximate surface area is 226 Å². The van der Waals surface area contributed by atoms with Gasteiger partial charge in [0.1, 0.15) is 6.04 Å². The number of carbonyl (C=O) groups is 4. The van der Waals surface area contributed by atoms with E-state index in [2.05, 4.69) is 10.6 Å². The van der Waals surface area contributed by atoms with Gasteiger partial charge in [-0.05, 0) is 43.5 Å². The summed E-state index contributed by atoms with van der Waals surface area (Å²) >= 11 is 0. The average molecular weight is 536 g/mol. The number of anilines is 1. The van der Waals surface area contributed by atoms with Crippen molar-refractivity contribution in [3.8, 4) is 0 Å². The van der Waals surface area contributed by atoms with Gasteiger partial charge in [0, 0.05) is 26.4 Å². The number of amides is 4. The van der Waals surface area contributed by atoms with Gasteiger partial charge in [-0.1, -0.05) is 46.2 Å². The summed E-state index contributed by atoms with van der Waals surface area (Å²) in [4.78, 5) is 52.7. The van der Waals surface area contributed by atoms with E-state index in [1.807, 2.05) is 45.7 Å². The predicted molar refractivity (Wildman–Crippen MR) is 146 cm³/mol. The van der Waals surface area contributed by atoms with Gasteiger partial charge in [0.15, 0.2) is 0 Å². The van der Waals surface area contributed by atoms with E-state index in [0.717, 1.165) is 12.0 Å². The molecule has 0 spiro atoms. The highest BCUT2D eigenvalue weighted by Gasteiger charge is 2.36. The molecule has 0 saturated heterocycles. The number of likely N-dealkylation sites (N-methyl/N-ethyl adjacent to an activating group) is 2. The van der Waals surface area contributed by atoms with E-state index < -0.39 is 36.2 Å². The number of hydrogen-bond acceptors (Lipinski definition) is 6. The molecule has 11 heteroatoms. The molecule has 0 saturated carbocycles. The van der Waals surface area contributed by atoms with Gasteiger partial charge in [-0.15, -0.1) is 0 Å². The summed E-state index contributed by atoms with van der Waals surface area (Å²) < 4.78 is 5.54. The van der Waals surface area contributed by atoms with Crippen molar-refractivity contribution in [1.29, 1.82) is 0 Å². The fourth-order valence-electron chi connectivity index (χ4n) is 4.86. The third kappa shape index (κ3) is 9.60. The molecule has 4 amide bonds. The second-order valence-electron chi connectivity index (χ2n) is 10.2. The van der Waals surface area contributed by atoms with Crippen LogP contribution < -0.4 is 16.4 Å². The molecule has 0 aliphatic rings. The molecule has 0 radical (unpaired) electrons. The quantitative estimate of drug-likeness (QED) is 0.269. The van der Waals surface area contributed by atoms with Crippen LogP contribution in [-0.4, -0.2) is 84.2 Å². The van der Waals surface area contributed by atoms with Crippen LogP contribution in [0, 0.1) is 11.8 Å². The van der Waals surface area contributed by atoms with Crippen molar-refractivity contribution < 1.29 is 29.0 Å². The smallest absolute Gasteiger partial charge is 0.409 e. The number of nitrogens with two attached hydrogens (primary N) is 1. The summed E-state index contributed by atoms with van der Waals surface area (Å²) in [7, 11) is 4.95. The zero-order chi connectivity index (χ0) is 29.2. The molecular formula is C27H45N5O6. The molecule has 0 aliphatic heterocycles. The average Bonchev–Trinajstić information content (AvgIpc) is 2.81. The van der Waals surface area contributed by atoms with Crippen LogP contribution in [0.3, 0.4) is 0 Å². The van der Waals surface area contributed by atoms with E-state index in [1.165, 1.54) is 7.11 Å². The molecular weight excluding hydrogens is 490 g/mol. The second-order valence-corrected chi connectivity index (χ2v) is 10.2. The lowest BCUT2D eigenvalue weighted by atomic mass is 9.90. The van der Waals surface area contributed by atoms with Crippen LogP contribution in [0.4, 0.5) is 10.5 Å². The van der Waals surface area contributed by atoms with Crippen molar-refractivity contribution in [2.75, 3.05) is 26.5 Å². The van der Waals surface area contributed by atoms with E-state index in [1.54, 1.807) is 37.1 Å². The van der Waals surface area contributed by atoms with Gasteiger partial charge < -0.3 is 25.8 Å². The van der Waals surface area contributed by atoms with Gasteiger partial charge in [0.2, 0.25) is 17.7 Å². The lowest BCUT2D eigenvalue weighted by molar-refractivity contribution is -0.143. The molecule has 0 aliphatic carbocycles. The maximum Gasteiger partial charge on any atom is 0.409 e. The Bertz CT molecular complexity index is 956.